The molecule has 0 saturated carbocycles. The summed E-state index contributed by atoms with van der Waals surface area (Å²) in [7, 11) is -0.637. The van der Waals surface area contributed by atoms with Crippen molar-refractivity contribution in [3.05, 3.63) is 0 Å². The van der Waals surface area contributed by atoms with E-state index in [9.17, 15) is 8.42 Å². The average Bonchev–Trinajstić information content (AvgIpc) is 2.83. The van der Waals surface area contributed by atoms with Crippen molar-refractivity contribution >= 4 is 10.1 Å². The first-order valence-electron chi connectivity index (χ1n) is 6.98. The zero-order chi connectivity index (χ0) is 16.8. The van der Waals surface area contributed by atoms with E-state index in [4.69, 9.17) is 27.9 Å². The molecule has 2 aliphatic heterocycles. The Hall–Kier alpha value is -0.290. The third-order valence-electron chi connectivity index (χ3n) is 4.00. The van der Waals surface area contributed by atoms with Crippen LogP contribution in [0.1, 0.15) is 20.8 Å². The fourth-order valence-electron chi connectivity index (χ4n) is 2.91. The molecule has 2 heterocycles. The lowest BCUT2D eigenvalue weighted by Gasteiger charge is -2.39. The highest BCUT2D eigenvalue weighted by atomic mass is 32.2. The summed E-state index contributed by atoms with van der Waals surface area (Å²) in [4.78, 5) is 0. The smallest absolute Gasteiger partial charge is 0.264 e. The van der Waals surface area contributed by atoms with Crippen LogP contribution in [0.4, 0.5) is 0 Å². The minimum Gasteiger partial charge on any atom is -0.379 e. The van der Waals surface area contributed by atoms with Gasteiger partial charge in [-0.15, -0.1) is 0 Å². The van der Waals surface area contributed by atoms with Gasteiger partial charge in [-0.1, -0.05) is 0 Å². The van der Waals surface area contributed by atoms with Crippen molar-refractivity contribution in [3.63, 3.8) is 0 Å². The maximum Gasteiger partial charge on any atom is 0.264 e. The second kappa shape index (κ2) is 5.97. The summed E-state index contributed by atoms with van der Waals surface area (Å²) >= 11 is 0. The van der Waals surface area contributed by atoms with Gasteiger partial charge in [-0.2, -0.15) is 8.42 Å². The molecular formula is C13H24O8S. The van der Waals surface area contributed by atoms with E-state index in [1.165, 1.54) is 14.2 Å². The summed E-state index contributed by atoms with van der Waals surface area (Å²) in [6.45, 7) is 5.05. The number of ether oxygens (including phenoxy) is 5. The molecule has 0 amide bonds. The van der Waals surface area contributed by atoms with Crippen LogP contribution in [0.5, 0.6) is 0 Å². The van der Waals surface area contributed by atoms with Gasteiger partial charge in [0.05, 0.1) is 12.4 Å². The Morgan fingerprint density at radius 2 is 1.82 bits per heavy atom. The van der Waals surface area contributed by atoms with E-state index in [0.717, 1.165) is 6.26 Å². The molecule has 0 radical (unpaired) electrons. The lowest BCUT2D eigenvalue weighted by Crippen LogP contribution is -2.57. The number of hydrogen-bond donors (Lipinski definition) is 0. The van der Waals surface area contributed by atoms with Gasteiger partial charge in [-0.25, -0.2) is 0 Å². The molecule has 0 spiro atoms. The molecule has 22 heavy (non-hydrogen) atoms. The topological polar surface area (TPSA) is 89.5 Å². The van der Waals surface area contributed by atoms with Gasteiger partial charge in [0.25, 0.3) is 10.1 Å². The van der Waals surface area contributed by atoms with E-state index in [0.29, 0.717) is 0 Å². The van der Waals surface area contributed by atoms with Crippen molar-refractivity contribution in [2.75, 3.05) is 27.1 Å². The lowest BCUT2D eigenvalue weighted by molar-refractivity contribution is -0.266. The SMILES string of the molecule is CO[C@@H](C)[C@@]1(COS(C)(=O)=O)O[C@@H]2OC(C)(C)O[C@@H]2[C@@H]1OC. The number of hydrogen-bond acceptors (Lipinski definition) is 8. The molecule has 0 aliphatic carbocycles. The highest BCUT2D eigenvalue weighted by molar-refractivity contribution is 7.85. The van der Waals surface area contributed by atoms with Gasteiger partial charge in [0.15, 0.2) is 17.7 Å². The molecule has 130 valence electrons. The van der Waals surface area contributed by atoms with Gasteiger partial charge in [0, 0.05) is 14.2 Å². The van der Waals surface area contributed by atoms with E-state index >= 15 is 0 Å². The summed E-state index contributed by atoms with van der Waals surface area (Å²) in [5, 5.41) is 0. The molecule has 0 N–H and O–H groups in total. The van der Waals surface area contributed by atoms with Crippen LogP contribution in [0.2, 0.25) is 0 Å². The first kappa shape index (κ1) is 18.1. The van der Waals surface area contributed by atoms with Crippen LogP contribution in [0, 0.1) is 0 Å². The number of rotatable bonds is 6. The van der Waals surface area contributed by atoms with Crippen LogP contribution in [-0.2, 0) is 38.0 Å². The largest absolute Gasteiger partial charge is 0.379 e. The summed E-state index contributed by atoms with van der Waals surface area (Å²) in [6, 6.07) is 0. The molecule has 8 nitrogen and oxygen atoms in total. The molecule has 0 bridgehead atoms. The third kappa shape index (κ3) is 3.30. The fourth-order valence-corrected chi connectivity index (χ4v) is 3.31. The van der Waals surface area contributed by atoms with Gasteiger partial charge in [-0.05, 0) is 20.8 Å². The van der Waals surface area contributed by atoms with Gasteiger partial charge < -0.3 is 23.7 Å². The van der Waals surface area contributed by atoms with E-state index in [-0.39, 0.29) is 6.61 Å². The van der Waals surface area contributed by atoms with Crippen molar-refractivity contribution in [2.24, 2.45) is 0 Å². The van der Waals surface area contributed by atoms with E-state index in [1.54, 1.807) is 20.8 Å². The predicted molar refractivity (Wildman–Crippen MR) is 75.7 cm³/mol. The average molecular weight is 340 g/mol. The molecule has 2 fully saturated rings. The summed E-state index contributed by atoms with van der Waals surface area (Å²) < 4.78 is 56.1. The predicted octanol–water partition coefficient (Wildman–Crippen LogP) is 0.259. The summed E-state index contributed by atoms with van der Waals surface area (Å²) in [5.74, 6) is -0.799. The van der Waals surface area contributed by atoms with Crippen molar-refractivity contribution in [1.29, 1.82) is 0 Å². The Morgan fingerprint density at radius 1 is 1.18 bits per heavy atom. The Morgan fingerprint density at radius 3 is 2.32 bits per heavy atom. The highest BCUT2D eigenvalue weighted by Gasteiger charge is 2.65. The van der Waals surface area contributed by atoms with Crippen molar-refractivity contribution in [1.82, 2.24) is 0 Å². The minimum atomic E-state index is -3.64. The molecule has 9 heteroatoms. The Labute approximate surface area is 131 Å². The Kier molecular flexibility index (Phi) is 4.90. The van der Waals surface area contributed by atoms with Crippen molar-refractivity contribution < 1.29 is 36.3 Å². The molecule has 2 saturated heterocycles. The molecule has 5 atom stereocenters. The Balaban J connectivity index is 2.30. The standard InChI is InChI=1S/C13H24O8S/c1-8(16-4)13(7-18-22(6,14)15)10(17-5)9-11(21-13)20-12(2,3)19-9/h8-11H,7H2,1-6H3/t8-,9+,10-,11-,13+/m0/s1. The van der Waals surface area contributed by atoms with Crippen LogP contribution >= 0.6 is 0 Å². The van der Waals surface area contributed by atoms with Crippen molar-refractivity contribution in [2.45, 2.75) is 56.8 Å². The molecular weight excluding hydrogens is 316 g/mol. The molecule has 2 rings (SSSR count). The molecule has 0 aromatic heterocycles. The number of methoxy groups -OCH3 is 2. The second-order valence-corrected chi connectivity index (χ2v) is 7.69. The maximum absolute atomic E-state index is 11.4. The van der Waals surface area contributed by atoms with Crippen LogP contribution < -0.4 is 0 Å². The lowest BCUT2D eigenvalue weighted by atomic mass is 9.90. The van der Waals surface area contributed by atoms with Gasteiger partial charge in [0.1, 0.15) is 18.8 Å². The zero-order valence-electron chi connectivity index (χ0n) is 13.7. The van der Waals surface area contributed by atoms with E-state index < -0.39 is 46.1 Å². The Bertz CT molecular complexity index is 504. The summed E-state index contributed by atoms with van der Waals surface area (Å²) in [5.41, 5.74) is -1.15. The zero-order valence-corrected chi connectivity index (χ0v) is 14.5. The quantitative estimate of drug-likeness (QED) is 0.636. The second-order valence-electron chi connectivity index (χ2n) is 6.04. The van der Waals surface area contributed by atoms with Gasteiger partial charge >= 0.3 is 0 Å². The van der Waals surface area contributed by atoms with Gasteiger partial charge in [-0.3, -0.25) is 4.18 Å². The third-order valence-corrected chi connectivity index (χ3v) is 4.54. The summed E-state index contributed by atoms with van der Waals surface area (Å²) in [6.07, 6.45) is -1.30. The van der Waals surface area contributed by atoms with Gasteiger partial charge in [0.2, 0.25) is 0 Å². The minimum absolute atomic E-state index is 0.251. The monoisotopic (exact) mass is 340 g/mol. The number of fused-ring (bicyclic) bond motifs is 1. The van der Waals surface area contributed by atoms with Crippen molar-refractivity contribution in [3.8, 4) is 0 Å². The first-order valence-corrected chi connectivity index (χ1v) is 8.80. The molecule has 2 aliphatic rings. The molecule has 0 unspecified atom stereocenters. The van der Waals surface area contributed by atoms with E-state index in [2.05, 4.69) is 0 Å². The molecule has 0 aromatic carbocycles. The van der Waals surface area contributed by atoms with Crippen LogP contribution in [0.15, 0.2) is 0 Å². The maximum atomic E-state index is 11.4. The highest BCUT2D eigenvalue weighted by Crippen LogP contribution is 2.45. The normalized spacial score (nSPS) is 38.9. The first-order chi connectivity index (χ1) is 10.0. The fraction of sp³-hybridized carbons (Fsp3) is 1.00. The van der Waals surface area contributed by atoms with Crippen LogP contribution in [-0.4, -0.2) is 71.5 Å². The van der Waals surface area contributed by atoms with E-state index in [1.807, 2.05) is 0 Å². The van der Waals surface area contributed by atoms with Crippen LogP contribution in [0.3, 0.4) is 0 Å². The molecule has 0 aromatic rings. The van der Waals surface area contributed by atoms with Crippen LogP contribution in [0.25, 0.3) is 0 Å².